The standard InChI is InChI=1S/C15H24O/c1-2-3-4-5-9-12-15(16)13-14-10-7-6-8-11-14/h2,13H,1,3-12H2. The van der Waals surface area contributed by atoms with Gasteiger partial charge in [-0.25, -0.2) is 0 Å². The first-order valence-corrected chi connectivity index (χ1v) is 6.66. The molecule has 1 nitrogen and oxygen atoms in total. The quantitative estimate of drug-likeness (QED) is 0.348. The van der Waals surface area contributed by atoms with E-state index < -0.39 is 0 Å². The number of rotatable bonds is 7. The Balaban J connectivity index is 2.12. The largest absolute Gasteiger partial charge is 0.295 e. The van der Waals surface area contributed by atoms with Crippen LogP contribution in [0.1, 0.15) is 64.2 Å². The number of allylic oxidation sites excluding steroid dienone is 3. The van der Waals surface area contributed by atoms with E-state index in [1.807, 2.05) is 12.2 Å². The van der Waals surface area contributed by atoms with Gasteiger partial charge in [-0.3, -0.25) is 4.79 Å². The molecule has 0 aromatic carbocycles. The van der Waals surface area contributed by atoms with Crippen molar-refractivity contribution < 1.29 is 4.79 Å². The summed E-state index contributed by atoms with van der Waals surface area (Å²) in [6.07, 6.45) is 15.3. The highest BCUT2D eigenvalue weighted by Crippen LogP contribution is 2.22. The van der Waals surface area contributed by atoms with E-state index >= 15 is 0 Å². The summed E-state index contributed by atoms with van der Waals surface area (Å²) in [6.45, 7) is 3.69. The lowest BCUT2D eigenvalue weighted by Gasteiger charge is -2.12. The smallest absolute Gasteiger partial charge is 0.155 e. The van der Waals surface area contributed by atoms with Gasteiger partial charge in [0.15, 0.2) is 5.78 Å². The summed E-state index contributed by atoms with van der Waals surface area (Å²) in [5.74, 6) is 0.343. The zero-order valence-electron chi connectivity index (χ0n) is 10.3. The summed E-state index contributed by atoms with van der Waals surface area (Å²) in [5.41, 5.74) is 1.39. The van der Waals surface area contributed by atoms with Crippen LogP contribution in [0.15, 0.2) is 24.3 Å². The summed E-state index contributed by atoms with van der Waals surface area (Å²) in [6, 6.07) is 0. The Bertz CT molecular complexity index is 242. The monoisotopic (exact) mass is 220 g/mol. The number of carbonyl (C=O) groups excluding carboxylic acids is 1. The molecule has 0 atom stereocenters. The lowest BCUT2D eigenvalue weighted by atomic mass is 9.93. The van der Waals surface area contributed by atoms with Crippen molar-refractivity contribution in [2.45, 2.75) is 64.2 Å². The first-order chi connectivity index (χ1) is 7.83. The third-order valence-corrected chi connectivity index (χ3v) is 3.19. The molecule has 0 bridgehead atoms. The van der Waals surface area contributed by atoms with Gasteiger partial charge in [0.1, 0.15) is 0 Å². The van der Waals surface area contributed by atoms with Crippen LogP contribution in [0.5, 0.6) is 0 Å². The van der Waals surface area contributed by atoms with Gasteiger partial charge in [-0.2, -0.15) is 0 Å². The van der Waals surface area contributed by atoms with E-state index in [1.54, 1.807) is 0 Å². The van der Waals surface area contributed by atoms with Crippen molar-refractivity contribution >= 4 is 5.78 Å². The fraction of sp³-hybridized carbons (Fsp3) is 0.667. The molecule has 16 heavy (non-hydrogen) atoms. The van der Waals surface area contributed by atoms with Gasteiger partial charge in [-0.05, 0) is 51.0 Å². The van der Waals surface area contributed by atoms with Crippen molar-refractivity contribution in [1.29, 1.82) is 0 Å². The molecule has 1 aliphatic rings. The van der Waals surface area contributed by atoms with E-state index in [4.69, 9.17) is 0 Å². The predicted octanol–water partition coefficient (Wildman–Crippen LogP) is 4.58. The van der Waals surface area contributed by atoms with Crippen LogP contribution in [0.25, 0.3) is 0 Å². The minimum atomic E-state index is 0.343. The normalized spacial score (nSPS) is 15.9. The summed E-state index contributed by atoms with van der Waals surface area (Å²) in [5, 5.41) is 0. The zero-order chi connectivity index (χ0) is 11.6. The second-order valence-electron chi connectivity index (χ2n) is 4.72. The Hall–Kier alpha value is -0.850. The third-order valence-electron chi connectivity index (χ3n) is 3.19. The molecule has 1 heteroatoms. The third kappa shape index (κ3) is 5.89. The molecule has 1 rings (SSSR count). The van der Waals surface area contributed by atoms with Gasteiger partial charge in [0.25, 0.3) is 0 Å². The first kappa shape index (κ1) is 13.2. The number of ketones is 1. The molecule has 0 unspecified atom stereocenters. The zero-order valence-corrected chi connectivity index (χ0v) is 10.3. The van der Waals surface area contributed by atoms with Crippen LogP contribution < -0.4 is 0 Å². The second kappa shape index (κ2) is 8.32. The van der Waals surface area contributed by atoms with E-state index in [9.17, 15) is 4.79 Å². The average molecular weight is 220 g/mol. The highest BCUT2D eigenvalue weighted by molar-refractivity contribution is 5.90. The van der Waals surface area contributed by atoms with E-state index in [0.717, 1.165) is 38.5 Å². The first-order valence-electron chi connectivity index (χ1n) is 6.66. The van der Waals surface area contributed by atoms with Gasteiger partial charge in [0, 0.05) is 6.42 Å². The van der Waals surface area contributed by atoms with Crippen LogP contribution in [-0.2, 0) is 4.79 Å². The molecule has 0 amide bonds. The van der Waals surface area contributed by atoms with E-state index in [2.05, 4.69) is 6.58 Å². The summed E-state index contributed by atoms with van der Waals surface area (Å²) in [7, 11) is 0. The maximum absolute atomic E-state index is 11.6. The molecule has 0 spiro atoms. The van der Waals surface area contributed by atoms with Crippen LogP contribution in [0.2, 0.25) is 0 Å². The Labute approximate surface area is 99.6 Å². The van der Waals surface area contributed by atoms with Gasteiger partial charge < -0.3 is 0 Å². The van der Waals surface area contributed by atoms with Crippen LogP contribution >= 0.6 is 0 Å². The molecule has 0 N–H and O–H groups in total. The van der Waals surface area contributed by atoms with Crippen LogP contribution in [0.4, 0.5) is 0 Å². The SMILES string of the molecule is C=CCCCCCC(=O)C=C1CCCCC1. The maximum Gasteiger partial charge on any atom is 0.155 e. The molecule has 0 aromatic heterocycles. The van der Waals surface area contributed by atoms with Crippen molar-refractivity contribution in [3.8, 4) is 0 Å². The van der Waals surface area contributed by atoms with Crippen molar-refractivity contribution in [2.24, 2.45) is 0 Å². The van der Waals surface area contributed by atoms with E-state index in [1.165, 1.54) is 31.3 Å². The lowest BCUT2D eigenvalue weighted by Crippen LogP contribution is -1.99. The minimum Gasteiger partial charge on any atom is -0.295 e. The Morgan fingerprint density at radius 3 is 2.56 bits per heavy atom. The van der Waals surface area contributed by atoms with Crippen molar-refractivity contribution in [1.82, 2.24) is 0 Å². The topological polar surface area (TPSA) is 17.1 Å². The van der Waals surface area contributed by atoms with E-state index in [-0.39, 0.29) is 0 Å². The average Bonchev–Trinajstić information content (AvgIpc) is 2.30. The lowest BCUT2D eigenvalue weighted by molar-refractivity contribution is -0.114. The molecule has 1 fully saturated rings. The molecule has 0 heterocycles. The van der Waals surface area contributed by atoms with Crippen molar-refractivity contribution in [3.63, 3.8) is 0 Å². The van der Waals surface area contributed by atoms with Crippen molar-refractivity contribution in [3.05, 3.63) is 24.3 Å². The molecule has 1 saturated carbocycles. The molecular weight excluding hydrogens is 196 g/mol. The van der Waals surface area contributed by atoms with Gasteiger partial charge in [-0.15, -0.1) is 6.58 Å². The van der Waals surface area contributed by atoms with Gasteiger partial charge in [0.2, 0.25) is 0 Å². The van der Waals surface area contributed by atoms with Gasteiger partial charge in [0.05, 0.1) is 0 Å². The second-order valence-corrected chi connectivity index (χ2v) is 4.72. The number of unbranched alkanes of at least 4 members (excludes halogenated alkanes) is 3. The van der Waals surface area contributed by atoms with Crippen LogP contribution in [0.3, 0.4) is 0 Å². The highest BCUT2D eigenvalue weighted by Gasteiger charge is 2.07. The van der Waals surface area contributed by atoms with Gasteiger partial charge >= 0.3 is 0 Å². The highest BCUT2D eigenvalue weighted by atomic mass is 16.1. The summed E-state index contributed by atoms with van der Waals surface area (Å²) in [4.78, 5) is 11.6. The van der Waals surface area contributed by atoms with Crippen LogP contribution in [-0.4, -0.2) is 5.78 Å². The number of hydrogen-bond donors (Lipinski definition) is 0. The van der Waals surface area contributed by atoms with Crippen molar-refractivity contribution in [2.75, 3.05) is 0 Å². The predicted molar refractivity (Wildman–Crippen MR) is 69.5 cm³/mol. The fourth-order valence-electron chi connectivity index (χ4n) is 2.21. The summed E-state index contributed by atoms with van der Waals surface area (Å²) < 4.78 is 0. The number of hydrogen-bond acceptors (Lipinski definition) is 1. The molecule has 0 saturated heterocycles. The van der Waals surface area contributed by atoms with E-state index in [0.29, 0.717) is 5.78 Å². The minimum absolute atomic E-state index is 0.343. The molecule has 1 aliphatic carbocycles. The molecule has 0 radical (unpaired) electrons. The molecule has 90 valence electrons. The number of carbonyl (C=O) groups is 1. The fourth-order valence-corrected chi connectivity index (χ4v) is 2.21. The molecular formula is C15H24O. The summed E-state index contributed by atoms with van der Waals surface area (Å²) >= 11 is 0. The Kier molecular flexibility index (Phi) is 6.87. The molecule has 0 aliphatic heterocycles. The Morgan fingerprint density at radius 1 is 1.12 bits per heavy atom. The molecule has 0 aromatic rings. The van der Waals surface area contributed by atoms with Crippen LogP contribution in [0, 0.1) is 0 Å². The van der Waals surface area contributed by atoms with Gasteiger partial charge in [-0.1, -0.05) is 24.5 Å². The maximum atomic E-state index is 11.6. The Morgan fingerprint density at radius 2 is 1.88 bits per heavy atom.